The van der Waals surface area contributed by atoms with E-state index in [1.165, 1.54) is 28.4 Å². The summed E-state index contributed by atoms with van der Waals surface area (Å²) in [5.74, 6) is 0.496. The molecule has 2 aromatic rings. The molecule has 0 aromatic heterocycles. The van der Waals surface area contributed by atoms with Gasteiger partial charge >= 0.3 is 0 Å². The topological polar surface area (TPSA) is 12.0 Å². The smallest absolute Gasteiger partial charge is 0.0210 e. The summed E-state index contributed by atoms with van der Waals surface area (Å²) < 4.78 is 2.36. The van der Waals surface area contributed by atoms with Crippen LogP contribution in [0.15, 0.2) is 57.5 Å². The third kappa shape index (κ3) is 4.41. The van der Waals surface area contributed by atoms with Gasteiger partial charge in [-0.05, 0) is 48.6 Å². The predicted octanol–water partition coefficient (Wildman–Crippen LogP) is 5.29. The van der Waals surface area contributed by atoms with Crippen LogP contribution in [0, 0.1) is 0 Å². The van der Waals surface area contributed by atoms with Crippen LogP contribution in [0.4, 0.5) is 0 Å². The first-order valence-corrected chi connectivity index (χ1v) is 9.03. The van der Waals surface area contributed by atoms with Crippen molar-refractivity contribution in [2.75, 3.05) is 6.54 Å². The van der Waals surface area contributed by atoms with E-state index in [-0.39, 0.29) is 0 Å². The molecule has 21 heavy (non-hydrogen) atoms. The Morgan fingerprint density at radius 2 is 1.86 bits per heavy atom. The van der Waals surface area contributed by atoms with Gasteiger partial charge in [-0.1, -0.05) is 62.2 Å². The van der Waals surface area contributed by atoms with Crippen LogP contribution in [0.1, 0.15) is 29.9 Å². The lowest BCUT2D eigenvalue weighted by atomic mass is 9.92. The minimum atomic E-state index is 0.496. The van der Waals surface area contributed by atoms with E-state index >= 15 is 0 Å². The molecule has 0 heterocycles. The summed E-state index contributed by atoms with van der Waals surface area (Å²) in [6.07, 6.45) is 3.72. The molecule has 1 aliphatic carbocycles. The molecule has 0 radical (unpaired) electrons. The van der Waals surface area contributed by atoms with Crippen LogP contribution in [0.2, 0.25) is 0 Å². The van der Waals surface area contributed by atoms with E-state index in [4.69, 9.17) is 0 Å². The molecule has 0 saturated heterocycles. The van der Waals surface area contributed by atoms with E-state index < -0.39 is 0 Å². The Hall–Kier alpha value is -0.640. The van der Waals surface area contributed by atoms with Crippen LogP contribution in [-0.4, -0.2) is 12.6 Å². The summed E-state index contributed by atoms with van der Waals surface area (Å²) in [4.78, 5) is 0. The molecule has 1 fully saturated rings. The summed E-state index contributed by atoms with van der Waals surface area (Å²) in [6.45, 7) is 1.04. The maximum Gasteiger partial charge on any atom is 0.0210 e. The van der Waals surface area contributed by atoms with Crippen molar-refractivity contribution in [1.29, 1.82) is 0 Å². The van der Waals surface area contributed by atoms with Gasteiger partial charge in [-0.25, -0.2) is 0 Å². The van der Waals surface area contributed by atoms with E-state index in [0.29, 0.717) is 5.92 Å². The van der Waals surface area contributed by atoms with Crippen LogP contribution in [-0.2, 0) is 6.42 Å². The van der Waals surface area contributed by atoms with Crippen molar-refractivity contribution < 1.29 is 0 Å². The van der Waals surface area contributed by atoms with Gasteiger partial charge in [0.05, 0.1) is 0 Å². The molecule has 1 nitrogen and oxygen atoms in total. The number of halogens is 2. The number of nitrogens with one attached hydrogen (secondary N) is 1. The second-order valence-corrected chi connectivity index (χ2v) is 7.51. The molecule has 2 aromatic carbocycles. The fourth-order valence-electron chi connectivity index (χ4n) is 2.64. The van der Waals surface area contributed by atoms with Crippen molar-refractivity contribution in [1.82, 2.24) is 5.32 Å². The molecule has 0 aliphatic heterocycles. The molecule has 0 bridgehead atoms. The summed E-state index contributed by atoms with van der Waals surface area (Å²) in [6, 6.07) is 18.0. The quantitative estimate of drug-likeness (QED) is 0.684. The molecule has 0 spiro atoms. The maximum atomic E-state index is 3.71. The zero-order chi connectivity index (χ0) is 14.7. The van der Waals surface area contributed by atoms with Crippen molar-refractivity contribution in [3.63, 3.8) is 0 Å². The third-order valence-corrected chi connectivity index (χ3v) is 5.16. The molecule has 1 N–H and O–H groups in total. The Labute approximate surface area is 143 Å². The third-order valence-electron chi connectivity index (χ3n) is 3.95. The first kappa shape index (κ1) is 15.3. The summed E-state index contributed by atoms with van der Waals surface area (Å²) in [5, 5.41) is 3.68. The van der Waals surface area contributed by atoms with Crippen LogP contribution in [0.25, 0.3) is 0 Å². The summed E-state index contributed by atoms with van der Waals surface area (Å²) >= 11 is 7.28. The lowest BCUT2D eigenvalue weighted by Crippen LogP contribution is -2.25. The monoisotopic (exact) mass is 407 g/mol. The number of hydrogen-bond donors (Lipinski definition) is 1. The molecule has 110 valence electrons. The van der Waals surface area contributed by atoms with Gasteiger partial charge in [0.25, 0.3) is 0 Å². The molecule has 1 saturated carbocycles. The van der Waals surface area contributed by atoms with Crippen molar-refractivity contribution in [2.45, 2.75) is 31.2 Å². The van der Waals surface area contributed by atoms with Gasteiger partial charge in [0.1, 0.15) is 0 Å². The zero-order valence-corrected chi connectivity index (χ0v) is 15.0. The Morgan fingerprint density at radius 3 is 2.57 bits per heavy atom. The molecule has 0 amide bonds. The van der Waals surface area contributed by atoms with E-state index in [0.717, 1.165) is 23.5 Å². The van der Waals surface area contributed by atoms with Crippen LogP contribution < -0.4 is 5.32 Å². The van der Waals surface area contributed by atoms with Gasteiger partial charge in [-0.15, -0.1) is 0 Å². The number of benzene rings is 2. The van der Waals surface area contributed by atoms with Gasteiger partial charge in [0.2, 0.25) is 0 Å². The number of hydrogen-bond acceptors (Lipinski definition) is 1. The van der Waals surface area contributed by atoms with Gasteiger partial charge in [0.15, 0.2) is 0 Å². The highest BCUT2D eigenvalue weighted by molar-refractivity contribution is 9.10. The first-order chi connectivity index (χ1) is 10.2. The van der Waals surface area contributed by atoms with Crippen LogP contribution >= 0.6 is 31.9 Å². The minimum Gasteiger partial charge on any atom is -0.313 e. The highest BCUT2D eigenvalue weighted by Gasteiger charge is 2.23. The highest BCUT2D eigenvalue weighted by Crippen LogP contribution is 2.29. The second-order valence-electron chi connectivity index (χ2n) is 5.74. The lowest BCUT2D eigenvalue weighted by molar-refractivity contribution is 0.575. The van der Waals surface area contributed by atoms with E-state index in [2.05, 4.69) is 85.7 Å². The fourth-order valence-corrected chi connectivity index (χ4v) is 3.70. The average Bonchev–Trinajstić information content (AvgIpc) is 3.28. The normalized spacial score (nSPS) is 15.9. The number of rotatable bonds is 6. The summed E-state index contributed by atoms with van der Waals surface area (Å²) in [5.41, 5.74) is 2.77. The van der Waals surface area contributed by atoms with Crippen molar-refractivity contribution in [2.24, 2.45) is 0 Å². The molecule has 1 atom stereocenters. The summed E-state index contributed by atoms with van der Waals surface area (Å²) in [7, 11) is 0. The van der Waals surface area contributed by atoms with Gasteiger partial charge < -0.3 is 5.32 Å². The minimum absolute atomic E-state index is 0.496. The molecular formula is C18H19Br2N. The van der Waals surface area contributed by atoms with E-state index in [9.17, 15) is 0 Å². The van der Waals surface area contributed by atoms with Crippen LogP contribution in [0.3, 0.4) is 0 Å². The Bertz CT molecular complexity index is 608. The van der Waals surface area contributed by atoms with Crippen molar-refractivity contribution in [3.8, 4) is 0 Å². The zero-order valence-electron chi connectivity index (χ0n) is 11.9. The molecule has 3 rings (SSSR count). The average molecular weight is 409 g/mol. The van der Waals surface area contributed by atoms with E-state index in [1.807, 2.05) is 0 Å². The second kappa shape index (κ2) is 7.08. The maximum absolute atomic E-state index is 3.71. The Morgan fingerprint density at radius 1 is 1.05 bits per heavy atom. The molecule has 3 heteroatoms. The largest absolute Gasteiger partial charge is 0.313 e. The Balaban J connectivity index is 1.79. The molecule has 1 unspecified atom stereocenters. The van der Waals surface area contributed by atoms with Gasteiger partial charge in [-0.3, -0.25) is 0 Å². The SMILES string of the molecule is Brc1cccc(CC(CNC2CC2)c2ccccc2Br)c1. The predicted molar refractivity (Wildman–Crippen MR) is 95.8 cm³/mol. The lowest BCUT2D eigenvalue weighted by Gasteiger charge is -2.20. The van der Waals surface area contributed by atoms with Crippen molar-refractivity contribution in [3.05, 3.63) is 68.6 Å². The fraction of sp³-hybridized carbons (Fsp3) is 0.333. The van der Waals surface area contributed by atoms with Crippen LogP contribution in [0.5, 0.6) is 0 Å². The van der Waals surface area contributed by atoms with Gasteiger partial charge in [0, 0.05) is 27.4 Å². The Kier molecular flexibility index (Phi) is 5.15. The van der Waals surface area contributed by atoms with Crippen molar-refractivity contribution >= 4 is 31.9 Å². The van der Waals surface area contributed by atoms with E-state index in [1.54, 1.807) is 0 Å². The van der Waals surface area contributed by atoms with Gasteiger partial charge in [-0.2, -0.15) is 0 Å². The standard InChI is InChI=1S/C18H19Br2N/c19-15-5-3-4-13(11-15)10-14(12-21-16-8-9-16)17-6-1-2-7-18(17)20/h1-7,11,14,16,21H,8-10,12H2. The molecule has 1 aliphatic rings. The first-order valence-electron chi connectivity index (χ1n) is 7.44. The highest BCUT2D eigenvalue weighted by atomic mass is 79.9. The molecular weight excluding hydrogens is 390 g/mol.